The maximum Gasteiger partial charge on any atom is 0.119 e. The molecule has 0 radical (unpaired) electrons. The zero-order valence-electron chi connectivity index (χ0n) is 101. The van der Waals surface area contributed by atoms with Gasteiger partial charge in [0.2, 0.25) is 0 Å². The molecule has 7 aliphatic heterocycles. The number of nitrogens with zero attached hydrogens (tertiary/aromatic N) is 7. The minimum Gasteiger partial charge on any atom is -0.497 e. The van der Waals surface area contributed by atoms with Gasteiger partial charge in [0.05, 0.1) is 61.9 Å². The van der Waals surface area contributed by atoms with E-state index in [0.717, 1.165) is 131 Å². The van der Waals surface area contributed by atoms with E-state index in [4.69, 9.17) is 53.7 Å². The Balaban J connectivity index is 0.000000101. The molecular weight excluding hydrogens is 1720 g/mol. The summed E-state index contributed by atoms with van der Waals surface area (Å²) < 4.78 is 151. The summed E-state index contributed by atoms with van der Waals surface area (Å²) in [7, 11) is 8.85. The molecule has 7 aromatic rings. The number of benzene rings is 7. The van der Waals surface area contributed by atoms with Gasteiger partial charge in [-0.2, -0.15) is 0 Å². The third kappa shape index (κ3) is 16.7. The van der Waals surface area contributed by atoms with Gasteiger partial charge in [-0.15, -0.1) is 0 Å². The number of fused-ring (bicyclic) bond motifs is 7. The van der Waals surface area contributed by atoms with E-state index in [9.17, 15) is 0 Å². The minimum atomic E-state index is -2.37. The van der Waals surface area contributed by atoms with Crippen LogP contribution in [0.4, 0.5) is 0 Å². The highest BCUT2D eigenvalue weighted by molar-refractivity contribution is 5.54. The lowest BCUT2D eigenvalue weighted by atomic mass is 9.52. The second-order valence-corrected chi connectivity index (χ2v) is 48.2. The average molecular weight is 1910 g/mol. The molecule has 21 aliphatic rings. The molecule has 28 rings (SSSR count). The van der Waals surface area contributed by atoms with Crippen LogP contribution in [0.3, 0.4) is 0 Å². The molecule has 7 unspecified atom stereocenters. The molecule has 0 N–H and O–H groups in total. The maximum atomic E-state index is 7.94. The molecule has 14 aliphatic carbocycles. The van der Waals surface area contributed by atoms with Crippen LogP contribution >= 0.6 is 0 Å². The molecule has 7 heterocycles. The largest absolute Gasteiger partial charge is 0.497 e. The molecule has 140 heavy (non-hydrogen) atoms. The predicted molar refractivity (Wildman–Crippen MR) is 570 cm³/mol. The smallest absolute Gasteiger partial charge is 0.119 e. The lowest BCUT2D eigenvalue weighted by Gasteiger charge is -2.58. The van der Waals surface area contributed by atoms with Crippen LogP contribution in [0.1, 0.15) is 323 Å². The summed E-state index contributed by atoms with van der Waals surface area (Å²) in [6, 6.07) is 48.4. The molecule has 14 nitrogen and oxygen atoms in total. The monoisotopic (exact) mass is 1910 g/mol. The third-order valence-corrected chi connectivity index (χ3v) is 43.2. The maximum absolute atomic E-state index is 7.94. The zero-order valence-corrected chi connectivity index (χ0v) is 85.9. The number of likely N-dealkylation sites (N-methyl/N-ethyl adjacent to an activating group) is 7. The first-order valence-electron chi connectivity index (χ1n) is 63.8. The van der Waals surface area contributed by atoms with Crippen LogP contribution in [-0.4, -0.2) is 221 Å². The minimum absolute atomic E-state index is 0.0145. The molecular formula is C126H175N7O7. The Morgan fingerprint density at radius 3 is 0.679 bits per heavy atom. The predicted octanol–water partition coefficient (Wildman–Crippen LogP) is 23.7. The van der Waals surface area contributed by atoms with Crippen LogP contribution < -0.4 is 33.2 Å². The van der Waals surface area contributed by atoms with Crippen LogP contribution in [-0.2, 0) is 82.9 Å². The summed E-state index contributed by atoms with van der Waals surface area (Å²) in [6.45, 7) is 4.58. The lowest BCUT2D eigenvalue weighted by molar-refractivity contribution is 0.00272. The van der Waals surface area contributed by atoms with Crippen molar-refractivity contribution in [1.82, 2.24) is 34.3 Å². The second kappa shape index (κ2) is 39.9. The Kier molecular flexibility index (Phi) is 23.1. The lowest BCUT2D eigenvalue weighted by Crippen LogP contribution is -2.59. The zero-order chi connectivity index (χ0) is 108. The van der Waals surface area contributed by atoms with Gasteiger partial charge in [0.15, 0.2) is 0 Å². The van der Waals surface area contributed by atoms with E-state index in [0.29, 0.717) is 101 Å². The van der Waals surface area contributed by atoms with Gasteiger partial charge < -0.3 is 67.5 Å². The summed E-state index contributed by atoms with van der Waals surface area (Å²) in [4.78, 5) is 16.6. The standard InChI is InChI=1S/7C18H25NO/c7*1-19-10-9-18-8-4-3-5-15(18)17(19)11-13-6-7-14(20-2)12-16(13)18/h7*6-7,12,15,17H,3-5,8-11H2,1-2H3/t7*15?,17-,18-/m0000000/s1/i2*2D3;2D2;2D;1D3;1D2;1D. The van der Waals surface area contributed by atoms with Crippen molar-refractivity contribution in [2.45, 2.75) is 350 Å². The quantitative estimate of drug-likeness (QED) is 0.152. The van der Waals surface area contributed by atoms with Crippen LogP contribution in [0.15, 0.2) is 127 Å². The highest BCUT2D eigenvalue weighted by Gasteiger charge is 2.61. The van der Waals surface area contributed by atoms with Crippen LogP contribution in [0.25, 0.3) is 0 Å². The fourth-order valence-corrected chi connectivity index (χ4v) is 36.4. The van der Waals surface area contributed by atoms with Crippen LogP contribution in [0, 0.1) is 41.4 Å². The van der Waals surface area contributed by atoms with Crippen LogP contribution in [0.2, 0.25) is 0 Å². The summed E-state index contributed by atoms with van der Waals surface area (Å²) >= 11 is 0. The van der Waals surface area contributed by atoms with Gasteiger partial charge in [-0.3, -0.25) is 0 Å². The average Bonchev–Trinajstić information content (AvgIpc) is 0.746. The number of likely N-dealkylation sites (tertiary alicyclic amines) is 7. The van der Waals surface area contributed by atoms with E-state index in [-0.39, 0.29) is 34.8 Å². The van der Waals surface area contributed by atoms with Crippen molar-refractivity contribution < 1.29 is 53.7 Å². The first-order chi connectivity index (χ1) is 74.5. The fraction of sp³-hybridized carbons (Fsp3) is 0.667. The Hall–Kier alpha value is -7.14. The molecule has 756 valence electrons. The van der Waals surface area contributed by atoms with Gasteiger partial charge in [0.25, 0.3) is 0 Å². The Labute approximate surface area is 865 Å². The van der Waals surface area contributed by atoms with Crippen molar-refractivity contribution in [3.8, 4) is 40.2 Å². The van der Waals surface area contributed by atoms with Gasteiger partial charge >= 0.3 is 0 Å². The van der Waals surface area contributed by atoms with Gasteiger partial charge in [-0.05, 0) is 479 Å². The third-order valence-electron chi connectivity index (χ3n) is 43.2. The molecule has 21 atom stereocenters. The number of methoxy groups -OCH3 is 7. The van der Waals surface area contributed by atoms with Crippen LogP contribution in [0.5, 0.6) is 40.2 Å². The summed E-state index contributed by atoms with van der Waals surface area (Å²) in [5, 5.41) is 0. The number of hydrogen-bond donors (Lipinski definition) is 0. The molecule has 14 heteroatoms. The number of hydrogen-bond acceptors (Lipinski definition) is 14. The SMILES string of the molecule is [2H]C([2H])([2H])N1CC[C@@]23CCCCC2[C@@H]1Cc1ccc(OC)cc13.[2H]C([2H])([2H])Oc1ccc2c(c1)[C@]13CCCCC1[C@H](C2)N(C)CC3.[2H]C([2H])([2H])Oc1ccc2c(c1)[C@]13CCCCC1[C@H](C2)N(C)CC3.[2H]C([2H])N1CC[C@@]23CCCCC2[C@@H]1Cc1ccc(OC)cc13.[2H]C([2H])Oc1ccc2c(c1)[C@]13CCCCC1[C@H](C2)N(C)CC3.[2H]CN1CC[C@@]23CCCCC2[C@@H]1Cc1ccc(OC)cc13.[2H]COc1ccc2c(c1)[C@]13CCCCC1[C@H](C2)N(C)CC3. The first kappa shape index (κ1) is 81.0. The molecule has 0 amide bonds. The van der Waals surface area contributed by atoms with E-state index >= 15 is 0 Å². The summed E-state index contributed by atoms with van der Waals surface area (Å²) in [5.41, 5.74) is 22.4. The Bertz CT molecular complexity index is 6000. The first-order valence-corrected chi connectivity index (χ1v) is 55.6. The Morgan fingerprint density at radius 2 is 0.450 bits per heavy atom. The number of ether oxygens (including phenoxy) is 7. The molecule has 14 fully saturated rings. The van der Waals surface area contributed by atoms with Gasteiger partial charge in [0, 0.05) is 88.4 Å². The highest BCUT2D eigenvalue weighted by atomic mass is 16.5. The summed E-state index contributed by atoms with van der Waals surface area (Å²) in [5.74, 6) is 10.4. The van der Waals surface area contributed by atoms with Crippen molar-refractivity contribution in [3.05, 3.63) is 205 Å². The van der Waals surface area contributed by atoms with Crippen molar-refractivity contribution in [2.75, 3.05) is 145 Å². The highest BCUT2D eigenvalue weighted by Crippen LogP contribution is 2.65. The topological polar surface area (TPSA) is 87.3 Å². The van der Waals surface area contributed by atoms with Crippen molar-refractivity contribution >= 4 is 0 Å². The molecule has 14 bridgehead atoms. The van der Waals surface area contributed by atoms with Gasteiger partial charge in [-0.1, -0.05) is 132 Å². The van der Waals surface area contributed by atoms with E-state index < -0.39 is 35.1 Å². The summed E-state index contributed by atoms with van der Waals surface area (Å²) in [6.07, 6.45) is 52.3. The van der Waals surface area contributed by atoms with Crippen molar-refractivity contribution in [1.29, 1.82) is 0 Å². The van der Waals surface area contributed by atoms with Gasteiger partial charge in [-0.25, -0.2) is 0 Å². The molecule has 7 saturated heterocycles. The fourth-order valence-electron chi connectivity index (χ4n) is 36.4. The van der Waals surface area contributed by atoms with E-state index in [1.807, 2.05) is 41.3 Å². The number of rotatable bonds is 7. The van der Waals surface area contributed by atoms with E-state index in [1.54, 1.807) is 32.5 Å². The second-order valence-electron chi connectivity index (χ2n) is 48.2. The molecule has 0 spiro atoms. The number of piperidine rings is 7. The van der Waals surface area contributed by atoms with E-state index in [1.165, 1.54) is 292 Å². The van der Waals surface area contributed by atoms with Crippen molar-refractivity contribution in [3.63, 3.8) is 0 Å². The Morgan fingerprint density at radius 1 is 0.236 bits per heavy atom. The van der Waals surface area contributed by atoms with E-state index in [2.05, 4.69) is 149 Å². The van der Waals surface area contributed by atoms with Crippen molar-refractivity contribution in [2.24, 2.45) is 41.4 Å². The normalized spacial score (nSPS) is 38.0. The molecule has 7 aromatic carbocycles. The molecule has 0 aromatic heterocycles. The molecule has 7 saturated carbocycles. The van der Waals surface area contributed by atoms with Gasteiger partial charge in [0.1, 0.15) is 40.2 Å².